The fraction of sp³-hybridized carbons (Fsp3) is 0.333. The van der Waals surface area contributed by atoms with Gasteiger partial charge in [-0.2, -0.15) is 0 Å². The SMILES string of the molecule is C#CCOc1ccccc1CNC(C)Cc1ccc(C)s1. The summed E-state index contributed by atoms with van der Waals surface area (Å²) >= 11 is 1.87. The molecule has 2 nitrogen and oxygen atoms in total. The summed E-state index contributed by atoms with van der Waals surface area (Å²) in [6, 6.07) is 12.8. The number of hydrogen-bond acceptors (Lipinski definition) is 3. The summed E-state index contributed by atoms with van der Waals surface area (Å²) in [5, 5.41) is 3.55. The molecule has 0 amide bonds. The molecule has 1 atom stereocenters. The van der Waals surface area contributed by atoms with Gasteiger partial charge in [0.05, 0.1) is 0 Å². The zero-order valence-electron chi connectivity index (χ0n) is 12.6. The van der Waals surface area contributed by atoms with Crippen molar-refractivity contribution in [1.82, 2.24) is 5.32 Å². The highest BCUT2D eigenvalue weighted by Gasteiger charge is 2.07. The number of hydrogen-bond donors (Lipinski definition) is 1. The van der Waals surface area contributed by atoms with E-state index in [-0.39, 0.29) is 0 Å². The highest BCUT2D eigenvalue weighted by atomic mass is 32.1. The quantitative estimate of drug-likeness (QED) is 0.785. The smallest absolute Gasteiger partial charge is 0.148 e. The molecule has 1 heterocycles. The van der Waals surface area contributed by atoms with Gasteiger partial charge in [-0.15, -0.1) is 17.8 Å². The van der Waals surface area contributed by atoms with Crippen molar-refractivity contribution < 1.29 is 4.74 Å². The predicted octanol–water partition coefficient (Wildman–Crippen LogP) is 3.79. The van der Waals surface area contributed by atoms with Crippen LogP contribution in [0.15, 0.2) is 36.4 Å². The lowest BCUT2D eigenvalue weighted by molar-refractivity contribution is 0.363. The third-order valence-corrected chi connectivity index (χ3v) is 4.25. The van der Waals surface area contributed by atoms with Gasteiger partial charge in [0.1, 0.15) is 12.4 Å². The van der Waals surface area contributed by atoms with Crippen LogP contribution in [-0.2, 0) is 13.0 Å². The van der Waals surface area contributed by atoms with Crippen LogP contribution < -0.4 is 10.1 Å². The molecule has 2 rings (SSSR count). The Bertz CT molecular complexity index is 612. The van der Waals surface area contributed by atoms with E-state index in [0.717, 1.165) is 24.3 Å². The van der Waals surface area contributed by atoms with Gasteiger partial charge >= 0.3 is 0 Å². The van der Waals surface area contributed by atoms with Gasteiger partial charge in [0, 0.05) is 27.9 Å². The lowest BCUT2D eigenvalue weighted by Gasteiger charge is -2.15. The first kappa shape index (κ1) is 15.6. The standard InChI is InChI=1S/C18H21NOS/c1-4-11-20-18-8-6-5-7-16(18)13-19-14(2)12-17-10-9-15(3)21-17/h1,5-10,14,19H,11-13H2,2-3H3. The Balaban J connectivity index is 1.89. The summed E-state index contributed by atoms with van der Waals surface area (Å²) in [6.45, 7) is 5.44. The van der Waals surface area contributed by atoms with Crippen molar-refractivity contribution in [1.29, 1.82) is 0 Å². The maximum Gasteiger partial charge on any atom is 0.148 e. The molecule has 0 aliphatic rings. The molecular formula is C18H21NOS. The number of ether oxygens (including phenoxy) is 1. The van der Waals surface area contributed by atoms with Crippen molar-refractivity contribution in [3.8, 4) is 18.1 Å². The largest absolute Gasteiger partial charge is 0.481 e. The van der Waals surface area contributed by atoms with E-state index in [9.17, 15) is 0 Å². The molecule has 0 radical (unpaired) electrons. The fourth-order valence-corrected chi connectivity index (χ4v) is 3.18. The summed E-state index contributed by atoms with van der Waals surface area (Å²) in [4.78, 5) is 2.79. The molecule has 0 fully saturated rings. The number of aryl methyl sites for hydroxylation is 1. The summed E-state index contributed by atoms with van der Waals surface area (Å²) in [6.07, 6.45) is 6.29. The van der Waals surface area contributed by atoms with Crippen LogP contribution in [0, 0.1) is 19.3 Å². The molecule has 2 aromatic rings. The zero-order valence-corrected chi connectivity index (χ0v) is 13.4. The minimum atomic E-state index is 0.307. The molecule has 0 bridgehead atoms. The zero-order chi connectivity index (χ0) is 15.1. The Morgan fingerprint density at radius 3 is 2.81 bits per heavy atom. The molecule has 0 saturated heterocycles. The van der Waals surface area contributed by atoms with Crippen LogP contribution in [0.4, 0.5) is 0 Å². The summed E-state index contributed by atoms with van der Waals surface area (Å²) in [5.41, 5.74) is 1.14. The number of para-hydroxylation sites is 1. The van der Waals surface area contributed by atoms with Gasteiger partial charge in [0.15, 0.2) is 0 Å². The molecule has 1 aromatic carbocycles. The van der Waals surface area contributed by atoms with E-state index in [4.69, 9.17) is 11.2 Å². The Morgan fingerprint density at radius 2 is 2.10 bits per heavy atom. The van der Waals surface area contributed by atoms with Crippen molar-refractivity contribution in [3.63, 3.8) is 0 Å². The Hall–Kier alpha value is -1.76. The maximum atomic E-state index is 5.57. The van der Waals surface area contributed by atoms with E-state index in [1.54, 1.807) is 0 Å². The minimum Gasteiger partial charge on any atom is -0.481 e. The number of rotatable bonds is 7. The van der Waals surface area contributed by atoms with Crippen molar-refractivity contribution in [2.24, 2.45) is 0 Å². The van der Waals surface area contributed by atoms with Gasteiger partial charge in [0.2, 0.25) is 0 Å². The van der Waals surface area contributed by atoms with Gasteiger partial charge in [0.25, 0.3) is 0 Å². The van der Waals surface area contributed by atoms with Gasteiger partial charge in [-0.1, -0.05) is 24.1 Å². The number of benzene rings is 1. The second-order valence-corrected chi connectivity index (χ2v) is 6.47. The van der Waals surface area contributed by atoms with Crippen LogP contribution in [0.5, 0.6) is 5.75 Å². The van der Waals surface area contributed by atoms with Crippen molar-refractivity contribution in [2.45, 2.75) is 32.9 Å². The molecule has 0 spiro atoms. The lowest BCUT2D eigenvalue weighted by Crippen LogP contribution is -2.27. The Kier molecular flexibility index (Phi) is 5.86. The number of nitrogens with one attached hydrogen (secondary N) is 1. The third-order valence-electron chi connectivity index (χ3n) is 3.23. The molecule has 1 unspecified atom stereocenters. The molecule has 0 saturated carbocycles. The van der Waals surface area contributed by atoms with Crippen LogP contribution in [0.25, 0.3) is 0 Å². The van der Waals surface area contributed by atoms with E-state index in [2.05, 4.69) is 43.3 Å². The van der Waals surface area contributed by atoms with Gasteiger partial charge in [-0.25, -0.2) is 0 Å². The molecule has 0 aliphatic carbocycles. The summed E-state index contributed by atoms with van der Waals surface area (Å²) in [5.74, 6) is 3.37. The molecule has 0 aliphatic heterocycles. The van der Waals surface area contributed by atoms with E-state index >= 15 is 0 Å². The summed E-state index contributed by atoms with van der Waals surface area (Å²) in [7, 11) is 0. The van der Waals surface area contributed by atoms with Gasteiger partial charge in [-0.05, 0) is 38.5 Å². The molecule has 1 aromatic heterocycles. The summed E-state index contributed by atoms with van der Waals surface area (Å²) < 4.78 is 5.57. The predicted molar refractivity (Wildman–Crippen MR) is 89.8 cm³/mol. The first-order valence-electron chi connectivity index (χ1n) is 7.12. The average Bonchev–Trinajstić information content (AvgIpc) is 2.89. The highest BCUT2D eigenvalue weighted by molar-refractivity contribution is 7.11. The second kappa shape index (κ2) is 7.87. The average molecular weight is 299 g/mol. The monoisotopic (exact) mass is 299 g/mol. The van der Waals surface area contributed by atoms with Crippen molar-refractivity contribution in [3.05, 3.63) is 51.7 Å². The topological polar surface area (TPSA) is 21.3 Å². The third kappa shape index (κ3) is 4.93. The first-order valence-corrected chi connectivity index (χ1v) is 7.93. The van der Waals surface area contributed by atoms with Gasteiger partial charge < -0.3 is 10.1 Å². The van der Waals surface area contributed by atoms with E-state index in [1.807, 2.05) is 29.5 Å². The first-order chi connectivity index (χ1) is 10.2. The Labute approximate surface area is 131 Å². The molecule has 3 heteroatoms. The van der Waals surface area contributed by atoms with Crippen molar-refractivity contribution in [2.75, 3.05) is 6.61 Å². The lowest BCUT2D eigenvalue weighted by atomic mass is 10.1. The van der Waals surface area contributed by atoms with Crippen molar-refractivity contribution >= 4 is 11.3 Å². The fourth-order valence-electron chi connectivity index (χ4n) is 2.16. The van der Waals surface area contributed by atoms with Gasteiger partial charge in [-0.3, -0.25) is 0 Å². The Morgan fingerprint density at radius 1 is 1.29 bits per heavy atom. The van der Waals surface area contributed by atoms with Crippen LogP contribution in [-0.4, -0.2) is 12.6 Å². The van der Waals surface area contributed by atoms with Crippen LogP contribution in [0.1, 0.15) is 22.2 Å². The normalized spacial score (nSPS) is 11.9. The van der Waals surface area contributed by atoms with E-state index < -0.39 is 0 Å². The van der Waals surface area contributed by atoms with Crippen LogP contribution in [0.3, 0.4) is 0 Å². The minimum absolute atomic E-state index is 0.307. The number of thiophene rings is 1. The molecule has 1 N–H and O–H groups in total. The number of terminal acetylenes is 1. The maximum absolute atomic E-state index is 5.57. The molecule has 21 heavy (non-hydrogen) atoms. The van der Waals surface area contributed by atoms with Crippen LogP contribution in [0.2, 0.25) is 0 Å². The van der Waals surface area contributed by atoms with E-state index in [1.165, 1.54) is 9.75 Å². The highest BCUT2D eigenvalue weighted by Crippen LogP contribution is 2.19. The molecule has 110 valence electrons. The molecular weight excluding hydrogens is 278 g/mol. The second-order valence-electron chi connectivity index (χ2n) is 5.10. The van der Waals surface area contributed by atoms with E-state index in [0.29, 0.717) is 12.6 Å². The van der Waals surface area contributed by atoms with Crippen LogP contribution >= 0.6 is 11.3 Å².